The molecule has 0 aromatic carbocycles. The molecule has 5 unspecified atom stereocenters. The SMILES string of the molecule is CCC[CH2][Sn]1([CH2]O[PH+]=O)[O][Sn]([CH2]CCC)([O][PH+]=O)[O][Sn]([CH2]CCC)([O][PH+]=O)[O]1. The summed E-state index contributed by atoms with van der Waals surface area (Å²) >= 11 is -12.5. The van der Waals surface area contributed by atoms with Crippen LogP contribution in [0.15, 0.2) is 0 Å². The van der Waals surface area contributed by atoms with Crippen molar-refractivity contribution in [2.45, 2.75) is 72.6 Å². The fourth-order valence-corrected chi connectivity index (χ4v) is 98.9. The van der Waals surface area contributed by atoms with Gasteiger partial charge in [-0.3, -0.25) is 0 Å². The van der Waals surface area contributed by atoms with E-state index in [1.165, 1.54) is 0 Å². The molecule has 0 spiro atoms. The van der Waals surface area contributed by atoms with Gasteiger partial charge in [0, 0.05) is 0 Å². The van der Waals surface area contributed by atoms with Crippen molar-refractivity contribution >= 4 is 84.5 Å². The fraction of sp³-hybridized carbons (Fsp3) is 1.00. The van der Waals surface area contributed by atoms with Crippen LogP contribution >= 0.6 is 26.1 Å². The molecule has 1 fully saturated rings. The van der Waals surface area contributed by atoms with Crippen LogP contribution in [0, 0.1) is 0 Å². The average Bonchev–Trinajstić information content (AvgIpc) is 2.68. The molecule has 1 aliphatic rings. The molecule has 1 heterocycles. The Labute approximate surface area is 188 Å². The molecule has 5 atom stereocenters. The molecule has 1 rings (SSSR count). The van der Waals surface area contributed by atoms with Crippen molar-refractivity contribution < 1.29 is 28.2 Å². The van der Waals surface area contributed by atoms with Gasteiger partial charge in [-0.1, -0.05) is 0 Å². The number of hydrogen-bond acceptors (Lipinski definition) is 9. The monoisotopic (exact) mass is 785 g/mol. The minimum absolute atomic E-state index is 0.145. The number of rotatable bonds is 16. The second-order valence-electron chi connectivity index (χ2n) is 6.64. The first-order valence-electron chi connectivity index (χ1n) is 9.68. The van der Waals surface area contributed by atoms with E-state index in [9.17, 15) is 13.7 Å². The first kappa shape index (κ1) is 28.5. The third-order valence-corrected chi connectivity index (χ3v) is 67.1. The van der Waals surface area contributed by atoms with Gasteiger partial charge in [-0.05, 0) is 0 Å². The topological polar surface area (TPSA) is 107 Å². The average molecular weight is 781 g/mol. The van der Waals surface area contributed by atoms with Crippen LogP contribution in [-0.4, -0.2) is 63.1 Å². The Bertz CT molecular complexity index is 477. The minimum atomic E-state index is -4.26. The summed E-state index contributed by atoms with van der Waals surface area (Å²) in [6.07, 6.45) is 5.26. The summed E-state index contributed by atoms with van der Waals surface area (Å²) in [5.74, 6) is 0. The van der Waals surface area contributed by atoms with Crippen LogP contribution in [0.5, 0.6) is 0 Å². The van der Waals surface area contributed by atoms with E-state index in [1.807, 2.05) is 0 Å². The van der Waals surface area contributed by atoms with Gasteiger partial charge >= 0.3 is 190 Å². The molecule has 0 N–H and O–H groups in total. The Hall–Kier alpha value is 2.46. The van der Waals surface area contributed by atoms with Gasteiger partial charge in [-0.25, -0.2) is 0 Å². The van der Waals surface area contributed by atoms with Gasteiger partial charge < -0.3 is 0 Å². The standard InChI is InChI=1S/3C4H9.CH3O2P.2HO2P.3O.3Sn/c4*1-3-4-2;2*1-3-2;;;;;;/h3*1,3-4H2,2H3;4H,1H2;2*3H;;;;;;/q;;;+1;;;;;;;2*+1. The first-order valence-corrected chi connectivity index (χ1v) is 29.5. The molecule has 0 saturated carbocycles. The Kier molecular flexibility index (Phi) is 15.6. The summed E-state index contributed by atoms with van der Waals surface area (Å²) < 4.78 is 72.4. The molecule has 0 bridgehead atoms. The van der Waals surface area contributed by atoms with Crippen LogP contribution in [0.3, 0.4) is 0 Å². The molecule has 1 saturated heterocycles. The molecule has 0 aromatic rings. The summed E-state index contributed by atoms with van der Waals surface area (Å²) in [5.41, 5.74) is 0. The predicted octanol–water partition coefficient (Wildman–Crippen LogP) is 5.18. The van der Waals surface area contributed by atoms with Crippen LogP contribution in [0.4, 0.5) is 0 Å². The summed E-state index contributed by atoms with van der Waals surface area (Å²) in [5, 5.41) is 0. The van der Waals surface area contributed by atoms with Gasteiger partial charge in [-0.15, -0.1) is 0 Å². The summed E-state index contributed by atoms with van der Waals surface area (Å²) in [6, 6.07) is 0. The van der Waals surface area contributed by atoms with Crippen LogP contribution in [0.2, 0.25) is 13.3 Å². The van der Waals surface area contributed by atoms with Gasteiger partial charge in [0.1, 0.15) is 0 Å². The van der Waals surface area contributed by atoms with E-state index in [2.05, 4.69) is 20.8 Å². The second kappa shape index (κ2) is 15.3. The van der Waals surface area contributed by atoms with Gasteiger partial charge in [-0.2, -0.15) is 0 Å². The van der Waals surface area contributed by atoms with E-state index < -0.39 is 84.5 Å². The van der Waals surface area contributed by atoms with Crippen molar-refractivity contribution in [2.24, 2.45) is 0 Å². The van der Waals surface area contributed by atoms with Crippen LogP contribution in [0.25, 0.3) is 0 Å². The van der Waals surface area contributed by atoms with Crippen molar-refractivity contribution in [3.63, 3.8) is 0 Å². The summed E-state index contributed by atoms with van der Waals surface area (Å²) in [4.78, 5) is 0. The van der Waals surface area contributed by atoms with E-state index >= 15 is 0 Å². The van der Waals surface area contributed by atoms with Crippen LogP contribution < -0.4 is 0 Å². The van der Waals surface area contributed by atoms with E-state index in [1.54, 1.807) is 0 Å². The molecular formula is C13H32O9P3Sn3+3. The summed E-state index contributed by atoms with van der Waals surface area (Å²) in [7, 11) is -2.91. The van der Waals surface area contributed by atoms with E-state index in [4.69, 9.17) is 14.5 Å². The van der Waals surface area contributed by atoms with Crippen molar-refractivity contribution in [2.75, 3.05) is 4.62 Å². The van der Waals surface area contributed by atoms with E-state index in [-0.39, 0.29) is 4.62 Å². The normalized spacial score (nSPS) is 31.0. The third kappa shape index (κ3) is 9.14. The zero-order valence-electron chi connectivity index (χ0n) is 16.7. The third-order valence-electron chi connectivity index (χ3n) is 4.32. The quantitative estimate of drug-likeness (QED) is 0.155. The maximum absolute atomic E-state index is 11.5. The Morgan fingerprint density at radius 1 is 0.679 bits per heavy atom. The van der Waals surface area contributed by atoms with Crippen LogP contribution in [0.1, 0.15) is 59.3 Å². The molecule has 0 radical (unpaired) electrons. The number of hydrogen-bond donors (Lipinski definition) is 0. The summed E-state index contributed by atoms with van der Waals surface area (Å²) in [6.45, 7) is 6.18. The first-order chi connectivity index (χ1) is 13.5. The second-order valence-corrected chi connectivity index (χ2v) is 42.9. The number of unbranched alkanes of at least 4 members (excludes halogenated alkanes) is 3. The molecule has 9 nitrogen and oxygen atoms in total. The zero-order valence-corrected chi connectivity index (χ0v) is 28.3. The van der Waals surface area contributed by atoms with Gasteiger partial charge in [0.2, 0.25) is 0 Å². The van der Waals surface area contributed by atoms with Gasteiger partial charge in [0.25, 0.3) is 0 Å². The fourth-order valence-electron chi connectivity index (χ4n) is 2.99. The molecular weight excluding hydrogens is 749 g/mol. The van der Waals surface area contributed by atoms with E-state index in [0.29, 0.717) is 13.3 Å². The van der Waals surface area contributed by atoms with Crippen molar-refractivity contribution in [1.82, 2.24) is 0 Å². The maximum atomic E-state index is 11.5. The molecule has 28 heavy (non-hydrogen) atoms. The molecule has 0 aliphatic carbocycles. The van der Waals surface area contributed by atoms with E-state index in [0.717, 1.165) is 38.5 Å². The molecule has 0 amide bonds. The Morgan fingerprint density at radius 3 is 1.54 bits per heavy atom. The van der Waals surface area contributed by atoms with Gasteiger partial charge in [0.15, 0.2) is 0 Å². The predicted molar refractivity (Wildman–Crippen MR) is 115 cm³/mol. The Morgan fingerprint density at radius 2 is 1.14 bits per heavy atom. The molecule has 162 valence electrons. The molecule has 1 aliphatic heterocycles. The molecule has 15 heteroatoms. The van der Waals surface area contributed by atoms with Crippen molar-refractivity contribution in [1.29, 1.82) is 0 Å². The van der Waals surface area contributed by atoms with Gasteiger partial charge in [0.05, 0.1) is 0 Å². The van der Waals surface area contributed by atoms with Crippen LogP contribution in [-0.2, 0) is 28.2 Å². The molecule has 0 aromatic heterocycles. The van der Waals surface area contributed by atoms with Crippen molar-refractivity contribution in [3.05, 3.63) is 0 Å². The zero-order chi connectivity index (χ0) is 20.9. The Balaban J connectivity index is 3.39. The van der Waals surface area contributed by atoms with Crippen molar-refractivity contribution in [3.8, 4) is 0 Å².